The number of hydrogen-bond donors (Lipinski definition) is 1. The number of imidazole rings is 1. The lowest BCUT2D eigenvalue weighted by atomic mass is 10.3. The summed E-state index contributed by atoms with van der Waals surface area (Å²) in [5.74, 6) is 0. The van der Waals surface area contributed by atoms with Crippen molar-refractivity contribution >= 4 is 5.65 Å². The summed E-state index contributed by atoms with van der Waals surface area (Å²) in [6.07, 6.45) is 4.10. The van der Waals surface area contributed by atoms with Gasteiger partial charge in [0.25, 0.3) is 0 Å². The second-order valence-electron chi connectivity index (χ2n) is 2.80. The molecule has 6 nitrogen and oxygen atoms in total. The van der Waals surface area contributed by atoms with Crippen molar-refractivity contribution in [2.45, 2.75) is 6.42 Å². The number of rotatable bonds is 3. The summed E-state index contributed by atoms with van der Waals surface area (Å²) in [6.45, 7) is 0.570. The quantitative estimate of drug-likeness (QED) is 0.719. The smallest absolute Gasteiger partial charge is 0.334 e. The molecule has 0 aliphatic rings. The predicted octanol–water partition coefficient (Wildman–Crippen LogP) is -0.366. The third kappa shape index (κ3) is 1.39. The maximum Gasteiger partial charge on any atom is 0.334 e. The Bertz CT molecular complexity index is 438. The average Bonchev–Trinajstić information content (AvgIpc) is 2.61. The summed E-state index contributed by atoms with van der Waals surface area (Å²) < 4.78 is 6.62. The Balaban J connectivity index is 2.52. The van der Waals surface area contributed by atoms with Crippen LogP contribution in [0, 0.1) is 0 Å². The zero-order chi connectivity index (χ0) is 9.97. The van der Waals surface area contributed by atoms with E-state index in [4.69, 9.17) is 10.5 Å². The van der Waals surface area contributed by atoms with E-state index in [2.05, 4.69) is 15.1 Å². The van der Waals surface area contributed by atoms with Crippen molar-refractivity contribution in [3.63, 3.8) is 0 Å². The van der Waals surface area contributed by atoms with Gasteiger partial charge in [-0.1, -0.05) is 0 Å². The molecule has 0 aliphatic heterocycles. The molecule has 74 valence electrons. The summed E-state index contributed by atoms with van der Waals surface area (Å²) in [5, 5.41) is 4.14. The number of hydrogen-bond acceptors (Lipinski definition) is 5. The fourth-order valence-electron chi connectivity index (χ4n) is 1.24. The molecular formula is C8H11N5O. The minimum absolute atomic E-state index is 0.328. The largest absolute Gasteiger partial charge is 0.466 e. The first-order chi connectivity index (χ1) is 6.85. The normalized spacial score (nSPS) is 10.7. The van der Waals surface area contributed by atoms with Crippen LogP contribution in [0.1, 0.15) is 5.69 Å². The van der Waals surface area contributed by atoms with Crippen molar-refractivity contribution in [3.8, 4) is 6.01 Å². The predicted molar refractivity (Wildman–Crippen MR) is 50.1 cm³/mol. The molecule has 2 heterocycles. The van der Waals surface area contributed by atoms with Crippen molar-refractivity contribution in [2.75, 3.05) is 13.7 Å². The second-order valence-corrected chi connectivity index (χ2v) is 2.80. The Hall–Kier alpha value is -1.69. The van der Waals surface area contributed by atoms with Gasteiger partial charge in [-0.05, 0) is 6.54 Å². The summed E-state index contributed by atoms with van der Waals surface area (Å²) in [4.78, 5) is 8.09. The summed E-state index contributed by atoms with van der Waals surface area (Å²) in [5.41, 5.74) is 7.13. The highest BCUT2D eigenvalue weighted by Gasteiger charge is 2.05. The molecule has 0 saturated carbocycles. The van der Waals surface area contributed by atoms with Crippen LogP contribution in [0.2, 0.25) is 0 Å². The molecule has 0 amide bonds. The molecule has 2 rings (SSSR count). The van der Waals surface area contributed by atoms with Gasteiger partial charge in [0.15, 0.2) is 5.65 Å². The summed E-state index contributed by atoms with van der Waals surface area (Å²) >= 11 is 0. The van der Waals surface area contributed by atoms with Crippen molar-refractivity contribution in [1.29, 1.82) is 0 Å². The Morgan fingerprint density at radius 2 is 2.29 bits per heavy atom. The fraction of sp³-hybridized carbons (Fsp3) is 0.375. The molecular weight excluding hydrogens is 182 g/mol. The molecule has 0 aliphatic carbocycles. The van der Waals surface area contributed by atoms with E-state index in [0.29, 0.717) is 18.2 Å². The topological polar surface area (TPSA) is 78.3 Å². The van der Waals surface area contributed by atoms with E-state index >= 15 is 0 Å². The van der Waals surface area contributed by atoms with Crippen LogP contribution in [0.5, 0.6) is 6.01 Å². The zero-order valence-electron chi connectivity index (χ0n) is 7.84. The van der Waals surface area contributed by atoms with E-state index < -0.39 is 0 Å². The van der Waals surface area contributed by atoms with Crippen LogP contribution in [-0.2, 0) is 6.42 Å². The van der Waals surface area contributed by atoms with Crippen LogP contribution in [0.4, 0.5) is 0 Å². The highest BCUT2D eigenvalue weighted by molar-refractivity contribution is 5.36. The molecule has 0 radical (unpaired) electrons. The molecule has 2 aromatic rings. The lowest BCUT2D eigenvalue weighted by molar-refractivity contribution is 0.370. The Labute approximate surface area is 80.7 Å². The van der Waals surface area contributed by atoms with Crippen LogP contribution in [0.3, 0.4) is 0 Å². The third-order valence-corrected chi connectivity index (χ3v) is 1.89. The van der Waals surface area contributed by atoms with Gasteiger partial charge in [-0.25, -0.2) is 9.50 Å². The van der Waals surface area contributed by atoms with E-state index in [0.717, 1.165) is 12.1 Å². The van der Waals surface area contributed by atoms with Crippen LogP contribution in [0.15, 0.2) is 12.4 Å². The van der Waals surface area contributed by atoms with Crippen molar-refractivity contribution in [3.05, 3.63) is 18.1 Å². The molecule has 14 heavy (non-hydrogen) atoms. The maximum absolute atomic E-state index is 5.47. The fourth-order valence-corrected chi connectivity index (χ4v) is 1.24. The maximum atomic E-state index is 5.47. The van der Waals surface area contributed by atoms with Gasteiger partial charge in [0.1, 0.15) is 0 Å². The number of methoxy groups -OCH3 is 1. The van der Waals surface area contributed by atoms with Crippen LogP contribution in [-0.4, -0.2) is 33.2 Å². The van der Waals surface area contributed by atoms with Gasteiger partial charge in [-0.2, -0.15) is 4.98 Å². The zero-order valence-corrected chi connectivity index (χ0v) is 7.84. The molecule has 0 fully saturated rings. The van der Waals surface area contributed by atoms with Gasteiger partial charge in [-0.15, -0.1) is 5.10 Å². The minimum atomic E-state index is 0.328. The molecule has 0 saturated heterocycles. The second kappa shape index (κ2) is 3.59. The molecule has 0 spiro atoms. The van der Waals surface area contributed by atoms with Crippen molar-refractivity contribution in [1.82, 2.24) is 19.6 Å². The first-order valence-corrected chi connectivity index (χ1v) is 4.29. The molecule has 6 heteroatoms. The van der Waals surface area contributed by atoms with Crippen molar-refractivity contribution in [2.24, 2.45) is 5.73 Å². The molecule has 0 aromatic carbocycles. The SMILES string of the molecule is COc1ncc2ncc(CCN)n2n1. The van der Waals surface area contributed by atoms with Gasteiger partial charge in [-0.3, -0.25) is 0 Å². The number of ether oxygens (including phenoxy) is 1. The number of fused-ring (bicyclic) bond motifs is 1. The summed E-state index contributed by atoms with van der Waals surface area (Å²) in [7, 11) is 1.53. The Kier molecular flexibility index (Phi) is 2.28. The first kappa shape index (κ1) is 8.89. The molecule has 2 aromatic heterocycles. The Morgan fingerprint density at radius 3 is 3.00 bits per heavy atom. The van der Waals surface area contributed by atoms with E-state index in [-0.39, 0.29) is 0 Å². The van der Waals surface area contributed by atoms with Gasteiger partial charge in [0.2, 0.25) is 0 Å². The minimum Gasteiger partial charge on any atom is -0.466 e. The van der Waals surface area contributed by atoms with Crippen molar-refractivity contribution < 1.29 is 4.74 Å². The average molecular weight is 193 g/mol. The number of nitrogens with two attached hydrogens (primary N) is 1. The van der Waals surface area contributed by atoms with E-state index in [1.165, 1.54) is 7.11 Å². The first-order valence-electron chi connectivity index (χ1n) is 4.29. The van der Waals surface area contributed by atoms with Gasteiger partial charge >= 0.3 is 6.01 Å². The standard InChI is InChI=1S/C8H11N5O/c1-14-8-11-5-7-10-4-6(2-3-9)13(7)12-8/h4-5H,2-3,9H2,1H3. The third-order valence-electron chi connectivity index (χ3n) is 1.89. The van der Waals surface area contributed by atoms with E-state index in [1.54, 1.807) is 16.9 Å². The molecule has 2 N–H and O–H groups in total. The van der Waals surface area contributed by atoms with E-state index in [1.807, 2.05) is 0 Å². The lowest BCUT2D eigenvalue weighted by Gasteiger charge is -2.00. The van der Waals surface area contributed by atoms with Gasteiger partial charge in [0.05, 0.1) is 25.2 Å². The lowest BCUT2D eigenvalue weighted by Crippen LogP contribution is -2.07. The molecule has 0 unspecified atom stereocenters. The van der Waals surface area contributed by atoms with Crippen LogP contribution in [0.25, 0.3) is 5.65 Å². The van der Waals surface area contributed by atoms with Crippen LogP contribution < -0.4 is 10.5 Å². The van der Waals surface area contributed by atoms with E-state index in [9.17, 15) is 0 Å². The van der Waals surface area contributed by atoms with Crippen LogP contribution >= 0.6 is 0 Å². The number of nitrogens with zero attached hydrogens (tertiary/aromatic N) is 4. The molecule has 0 atom stereocenters. The molecule has 0 bridgehead atoms. The number of aromatic nitrogens is 4. The highest BCUT2D eigenvalue weighted by atomic mass is 16.5. The monoisotopic (exact) mass is 193 g/mol. The van der Waals surface area contributed by atoms with Gasteiger partial charge in [0, 0.05) is 6.42 Å². The van der Waals surface area contributed by atoms with Gasteiger partial charge < -0.3 is 10.5 Å². The Morgan fingerprint density at radius 1 is 1.43 bits per heavy atom. The summed E-state index contributed by atoms with van der Waals surface area (Å²) in [6, 6.07) is 0.328. The highest BCUT2D eigenvalue weighted by Crippen LogP contribution is 2.06.